The first-order valence-electron chi connectivity index (χ1n) is 3.94. The summed E-state index contributed by atoms with van der Waals surface area (Å²) in [5, 5.41) is 17.7. The number of hydrogen-bond donors (Lipinski definition) is 1. The second kappa shape index (κ2) is 3.58. The number of hydrogen-bond acceptors (Lipinski definition) is 2. The fraction of sp³-hybridized carbons (Fsp3) is 0.750. The maximum atomic E-state index is 10.8. The number of carboxylic acid groups (broad SMARTS) is 1. The molecule has 1 aliphatic carbocycles. The largest absolute Gasteiger partial charge is 0.480 e. The minimum Gasteiger partial charge on any atom is -0.480 e. The Bertz CT molecular complexity index is 264. The van der Waals surface area contributed by atoms with E-state index in [0.29, 0.717) is 25.7 Å². The molecule has 0 aliphatic heterocycles. The summed E-state index contributed by atoms with van der Waals surface area (Å²) in [5.74, 6) is -0.833. The summed E-state index contributed by atoms with van der Waals surface area (Å²) in [6.07, 6.45) is 2.12. The van der Waals surface area contributed by atoms with Crippen molar-refractivity contribution >= 4 is 37.8 Å². The highest BCUT2D eigenvalue weighted by Gasteiger charge is 2.44. The number of carbonyl (C=O) groups is 1. The molecule has 0 aromatic heterocycles. The van der Waals surface area contributed by atoms with Crippen molar-refractivity contribution in [2.45, 2.75) is 34.3 Å². The normalized spacial score (nSPS) is 39.5. The van der Waals surface area contributed by atoms with Crippen LogP contribution in [0.3, 0.4) is 0 Å². The van der Waals surface area contributed by atoms with Gasteiger partial charge in [-0.3, -0.25) is 4.79 Å². The number of carboxylic acids is 1. The van der Waals surface area contributed by atoms with Crippen molar-refractivity contribution in [1.29, 1.82) is 5.26 Å². The molecule has 3 nitrogen and oxygen atoms in total. The number of alkyl halides is 2. The molecule has 0 aromatic rings. The van der Waals surface area contributed by atoms with Gasteiger partial charge in [-0.25, -0.2) is 0 Å². The van der Waals surface area contributed by atoms with Crippen molar-refractivity contribution in [2.75, 3.05) is 0 Å². The van der Waals surface area contributed by atoms with Gasteiger partial charge in [0.1, 0.15) is 8.65 Å². The Hall–Kier alpha value is -0.0800. The van der Waals surface area contributed by atoms with E-state index < -0.39 is 14.6 Å². The average Bonchev–Trinajstić information content (AvgIpc) is 2.11. The van der Waals surface area contributed by atoms with Crippen LogP contribution in [0.4, 0.5) is 0 Å². The highest BCUT2D eigenvalue weighted by molar-refractivity contribution is 9.10. The number of rotatable bonds is 1. The Kier molecular flexibility index (Phi) is 3.03. The highest BCUT2D eigenvalue weighted by atomic mass is 79.9. The molecule has 0 spiro atoms. The lowest BCUT2D eigenvalue weighted by molar-refractivity contribution is -0.140. The van der Waals surface area contributed by atoms with E-state index >= 15 is 0 Å². The minimum absolute atomic E-state index is 0.487. The van der Waals surface area contributed by atoms with Gasteiger partial charge in [0.15, 0.2) is 0 Å². The molecule has 0 bridgehead atoms. The molecule has 1 N–H and O–H groups in total. The van der Waals surface area contributed by atoms with Crippen molar-refractivity contribution < 1.29 is 9.90 Å². The van der Waals surface area contributed by atoms with Crippen LogP contribution in [0.25, 0.3) is 0 Å². The summed E-state index contributed by atoms with van der Waals surface area (Å²) in [4.78, 5) is 10.8. The summed E-state index contributed by atoms with van der Waals surface area (Å²) < 4.78 is -1.33. The molecular formula is C8H9Br2NO2. The lowest BCUT2D eigenvalue weighted by atomic mass is 9.82. The summed E-state index contributed by atoms with van der Waals surface area (Å²) in [7, 11) is 0. The Labute approximate surface area is 93.4 Å². The molecule has 1 fully saturated rings. The molecule has 5 heteroatoms. The van der Waals surface area contributed by atoms with Crippen LogP contribution in [0.2, 0.25) is 0 Å². The van der Waals surface area contributed by atoms with Gasteiger partial charge in [-0.2, -0.15) is 5.26 Å². The molecule has 0 heterocycles. The maximum absolute atomic E-state index is 10.8. The molecule has 13 heavy (non-hydrogen) atoms. The van der Waals surface area contributed by atoms with Crippen LogP contribution in [-0.4, -0.2) is 19.7 Å². The van der Waals surface area contributed by atoms with Crippen molar-refractivity contribution in [3.05, 3.63) is 0 Å². The van der Waals surface area contributed by atoms with Crippen LogP contribution in [0.1, 0.15) is 25.7 Å². The molecule has 0 saturated heterocycles. The Morgan fingerprint density at radius 1 is 1.31 bits per heavy atom. The van der Waals surface area contributed by atoms with Crippen LogP contribution in [-0.2, 0) is 4.79 Å². The van der Waals surface area contributed by atoms with Crippen molar-refractivity contribution in [3.63, 3.8) is 0 Å². The van der Waals surface area contributed by atoms with E-state index in [1.165, 1.54) is 0 Å². The zero-order valence-corrected chi connectivity index (χ0v) is 10.1. The lowest BCUT2D eigenvalue weighted by Gasteiger charge is -2.34. The molecule has 0 radical (unpaired) electrons. The van der Waals surface area contributed by atoms with Gasteiger partial charge in [0.05, 0.1) is 6.07 Å². The van der Waals surface area contributed by atoms with E-state index in [1.807, 2.05) is 0 Å². The van der Waals surface area contributed by atoms with Gasteiger partial charge in [0, 0.05) is 0 Å². The molecule has 1 rings (SSSR count). The monoisotopic (exact) mass is 309 g/mol. The minimum atomic E-state index is -0.833. The molecule has 0 amide bonds. The smallest absolute Gasteiger partial charge is 0.320 e. The second-order valence-electron chi connectivity index (χ2n) is 3.35. The van der Waals surface area contributed by atoms with Gasteiger partial charge < -0.3 is 5.11 Å². The zero-order valence-electron chi connectivity index (χ0n) is 6.89. The van der Waals surface area contributed by atoms with Crippen molar-refractivity contribution in [1.82, 2.24) is 0 Å². The van der Waals surface area contributed by atoms with E-state index in [1.54, 1.807) is 0 Å². The van der Waals surface area contributed by atoms with Gasteiger partial charge in [0.2, 0.25) is 0 Å². The molecule has 0 aromatic carbocycles. The van der Waals surface area contributed by atoms with Crippen molar-refractivity contribution in [2.24, 2.45) is 0 Å². The van der Waals surface area contributed by atoms with Crippen LogP contribution < -0.4 is 0 Å². The quantitative estimate of drug-likeness (QED) is 0.757. The van der Waals surface area contributed by atoms with Gasteiger partial charge in [-0.15, -0.1) is 0 Å². The van der Waals surface area contributed by atoms with Gasteiger partial charge in [-0.05, 0) is 25.7 Å². The zero-order chi connectivity index (χ0) is 10.1. The van der Waals surface area contributed by atoms with E-state index in [2.05, 4.69) is 37.9 Å². The molecular weight excluding hydrogens is 302 g/mol. The van der Waals surface area contributed by atoms with Gasteiger partial charge in [0.25, 0.3) is 0 Å². The molecule has 0 atom stereocenters. The SMILES string of the molecule is N#CC1(Br)CCC(Br)(C(=O)O)CC1. The van der Waals surface area contributed by atoms with Crippen LogP contribution in [0.5, 0.6) is 0 Å². The topological polar surface area (TPSA) is 61.1 Å². The van der Waals surface area contributed by atoms with E-state index in [0.717, 1.165) is 0 Å². The van der Waals surface area contributed by atoms with Crippen LogP contribution in [0, 0.1) is 11.3 Å². The summed E-state index contributed by atoms with van der Waals surface area (Å²) in [6, 6.07) is 2.16. The highest BCUT2D eigenvalue weighted by Crippen LogP contribution is 2.44. The average molecular weight is 311 g/mol. The number of aliphatic carboxylic acids is 1. The Balaban J connectivity index is 2.68. The first-order chi connectivity index (χ1) is 5.92. The Morgan fingerprint density at radius 3 is 2.08 bits per heavy atom. The number of nitriles is 1. The van der Waals surface area contributed by atoms with Gasteiger partial charge in [-0.1, -0.05) is 31.9 Å². The Morgan fingerprint density at radius 2 is 1.77 bits per heavy atom. The predicted molar refractivity (Wildman–Crippen MR) is 55.0 cm³/mol. The molecule has 1 saturated carbocycles. The molecule has 0 unspecified atom stereocenters. The van der Waals surface area contributed by atoms with Gasteiger partial charge >= 0.3 is 5.97 Å². The predicted octanol–water partition coefficient (Wildman–Crippen LogP) is 2.44. The molecule has 1 aliphatic rings. The first-order valence-corrected chi connectivity index (χ1v) is 5.53. The lowest BCUT2D eigenvalue weighted by Crippen LogP contribution is -2.40. The third-order valence-electron chi connectivity index (χ3n) is 2.42. The summed E-state index contributed by atoms with van der Waals surface area (Å²) >= 11 is 6.53. The molecule has 72 valence electrons. The summed E-state index contributed by atoms with van der Waals surface area (Å²) in [6.45, 7) is 0. The standard InChI is InChI=1S/C8H9Br2NO2/c9-7(5-11)1-3-8(10,4-2-7)6(12)13/h1-4H2,(H,12,13). The summed E-state index contributed by atoms with van der Waals surface area (Å²) in [5.41, 5.74) is 0. The third kappa shape index (κ3) is 2.23. The fourth-order valence-corrected chi connectivity index (χ4v) is 2.16. The number of halogens is 2. The maximum Gasteiger partial charge on any atom is 0.320 e. The third-order valence-corrected chi connectivity index (χ3v) is 4.52. The van der Waals surface area contributed by atoms with Crippen molar-refractivity contribution in [3.8, 4) is 6.07 Å². The van der Waals surface area contributed by atoms with Crippen LogP contribution in [0.15, 0.2) is 0 Å². The van der Waals surface area contributed by atoms with Crippen LogP contribution >= 0.6 is 31.9 Å². The second-order valence-corrected chi connectivity index (χ2v) is 6.38. The van der Waals surface area contributed by atoms with E-state index in [-0.39, 0.29) is 0 Å². The number of nitrogens with zero attached hydrogens (tertiary/aromatic N) is 1. The first kappa shape index (κ1) is 11.0. The van der Waals surface area contributed by atoms with E-state index in [4.69, 9.17) is 10.4 Å². The fourth-order valence-electron chi connectivity index (χ4n) is 1.37. The van der Waals surface area contributed by atoms with E-state index in [9.17, 15) is 4.79 Å².